The second-order valence-electron chi connectivity index (χ2n) is 8.16. The number of aliphatic hydroxyl groups excluding tert-OH is 1. The smallest absolute Gasteiger partial charge is 0.186 e. The molecule has 0 bridgehead atoms. The highest BCUT2D eigenvalue weighted by atomic mass is 35.5. The summed E-state index contributed by atoms with van der Waals surface area (Å²) in [5.74, 6) is -0.226. The summed E-state index contributed by atoms with van der Waals surface area (Å²) in [6, 6.07) is 14.2. The summed E-state index contributed by atoms with van der Waals surface area (Å²) in [5, 5.41) is 12.1. The number of ether oxygens (including phenoxy) is 1. The summed E-state index contributed by atoms with van der Waals surface area (Å²) in [7, 11) is -2.08. The van der Waals surface area contributed by atoms with Gasteiger partial charge in [-0.25, -0.2) is 8.42 Å². The molecule has 3 aromatic rings. The van der Waals surface area contributed by atoms with Crippen molar-refractivity contribution in [1.82, 2.24) is 4.57 Å². The SMILES string of the molecule is COCn1c2c(c3cc(Cl)ccc31)CCC([C@](C)(CO)S(=O)(=O)c1ccccc1)C2. The zero-order chi connectivity index (χ0) is 21.5. The lowest BCUT2D eigenvalue weighted by Gasteiger charge is -2.38. The van der Waals surface area contributed by atoms with E-state index < -0.39 is 21.2 Å². The Morgan fingerprint density at radius 3 is 2.63 bits per heavy atom. The number of aromatic nitrogens is 1. The van der Waals surface area contributed by atoms with Crippen LogP contribution in [-0.2, 0) is 34.1 Å². The monoisotopic (exact) mass is 447 g/mol. The zero-order valence-corrected chi connectivity index (χ0v) is 18.7. The summed E-state index contributed by atoms with van der Waals surface area (Å²) in [6.45, 7) is 1.62. The van der Waals surface area contributed by atoms with Gasteiger partial charge in [0.1, 0.15) is 11.5 Å². The van der Waals surface area contributed by atoms with Gasteiger partial charge in [0.05, 0.1) is 17.0 Å². The Balaban J connectivity index is 1.80. The van der Waals surface area contributed by atoms with E-state index in [0.29, 0.717) is 24.6 Å². The number of benzene rings is 2. The molecule has 1 unspecified atom stereocenters. The third-order valence-corrected chi connectivity index (χ3v) is 9.35. The Hall–Kier alpha value is -1.86. The van der Waals surface area contributed by atoms with Crippen molar-refractivity contribution >= 4 is 32.3 Å². The minimum Gasteiger partial charge on any atom is -0.395 e. The maximum absolute atomic E-state index is 13.5. The van der Waals surface area contributed by atoms with Crippen LogP contribution in [0.2, 0.25) is 5.02 Å². The van der Waals surface area contributed by atoms with Crippen LogP contribution in [0.25, 0.3) is 10.9 Å². The van der Waals surface area contributed by atoms with Crippen LogP contribution in [0.1, 0.15) is 24.6 Å². The van der Waals surface area contributed by atoms with Gasteiger partial charge in [0.25, 0.3) is 0 Å². The predicted molar refractivity (Wildman–Crippen MR) is 119 cm³/mol. The lowest BCUT2D eigenvalue weighted by Crippen LogP contribution is -2.48. The molecule has 2 atom stereocenters. The number of nitrogens with zero attached hydrogens (tertiary/aromatic N) is 1. The van der Waals surface area contributed by atoms with Gasteiger partial charge >= 0.3 is 0 Å². The fraction of sp³-hybridized carbons (Fsp3) is 0.391. The number of methoxy groups -OCH3 is 1. The molecule has 0 spiro atoms. The Kier molecular flexibility index (Phi) is 5.70. The third kappa shape index (κ3) is 3.26. The van der Waals surface area contributed by atoms with Gasteiger partial charge in [-0.05, 0) is 68.0 Å². The van der Waals surface area contributed by atoms with Crippen LogP contribution in [0.4, 0.5) is 0 Å². The second kappa shape index (κ2) is 8.00. The first-order valence-corrected chi connectivity index (χ1v) is 11.9. The van der Waals surface area contributed by atoms with Crippen molar-refractivity contribution in [2.75, 3.05) is 13.7 Å². The number of rotatable bonds is 6. The number of fused-ring (bicyclic) bond motifs is 3. The van der Waals surface area contributed by atoms with Crippen molar-refractivity contribution in [3.05, 3.63) is 64.8 Å². The molecular formula is C23H26ClNO4S. The average Bonchev–Trinajstić information content (AvgIpc) is 3.06. The number of halogens is 1. The van der Waals surface area contributed by atoms with Crippen molar-refractivity contribution in [3.63, 3.8) is 0 Å². The van der Waals surface area contributed by atoms with E-state index in [1.165, 1.54) is 5.56 Å². The Morgan fingerprint density at radius 2 is 1.97 bits per heavy atom. The fourth-order valence-electron chi connectivity index (χ4n) is 4.72. The summed E-state index contributed by atoms with van der Waals surface area (Å²) in [6.07, 6.45) is 1.95. The van der Waals surface area contributed by atoms with Crippen LogP contribution in [0, 0.1) is 5.92 Å². The number of aryl methyl sites for hydroxylation is 1. The van der Waals surface area contributed by atoms with Gasteiger partial charge in [-0.15, -0.1) is 0 Å². The van der Waals surface area contributed by atoms with Gasteiger partial charge in [-0.1, -0.05) is 29.8 Å². The standard InChI is InChI=1S/C23H26ClNO4S/c1-23(14-26,30(27,28)18-6-4-3-5-7-18)16-8-10-19-20-13-17(24)9-11-21(20)25(15-29-2)22(19)12-16/h3-7,9,11,13,16,26H,8,10,12,14-15H2,1-2H3/t16?,23-/m0/s1. The normalized spacial score (nSPS) is 18.9. The van der Waals surface area contributed by atoms with E-state index >= 15 is 0 Å². The molecule has 0 fully saturated rings. The van der Waals surface area contributed by atoms with Crippen LogP contribution in [0.5, 0.6) is 0 Å². The first-order valence-electron chi connectivity index (χ1n) is 10.0. The van der Waals surface area contributed by atoms with E-state index in [4.69, 9.17) is 16.3 Å². The predicted octanol–water partition coefficient (Wildman–Crippen LogP) is 4.23. The van der Waals surface area contributed by atoms with Gasteiger partial charge < -0.3 is 14.4 Å². The van der Waals surface area contributed by atoms with Gasteiger partial charge in [-0.2, -0.15) is 0 Å². The number of hydrogen-bond acceptors (Lipinski definition) is 4. The average molecular weight is 448 g/mol. The van der Waals surface area contributed by atoms with Crippen molar-refractivity contribution in [2.24, 2.45) is 5.92 Å². The first kappa shape index (κ1) is 21.4. The van der Waals surface area contributed by atoms with E-state index in [9.17, 15) is 13.5 Å². The molecule has 160 valence electrons. The highest BCUT2D eigenvalue weighted by Crippen LogP contribution is 2.43. The summed E-state index contributed by atoms with van der Waals surface area (Å²) in [4.78, 5) is 0.247. The summed E-state index contributed by atoms with van der Waals surface area (Å²) in [5.41, 5.74) is 3.29. The molecule has 2 aromatic carbocycles. The molecular weight excluding hydrogens is 422 g/mol. The van der Waals surface area contributed by atoms with Crippen LogP contribution < -0.4 is 0 Å². The Labute approximate surface area is 182 Å². The van der Waals surface area contributed by atoms with Crippen LogP contribution >= 0.6 is 11.6 Å². The van der Waals surface area contributed by atoms with E-state index in [1.807, 2.05) is 18.2 Å². The van der Waals surface area contributed by atoms with Crippen molar-refractivity contribution in [3.8, 4) is 0 Å². The minimum atomic E-state index is -3.73. The lowest BCUT2D eigenvalue weighted by atomic mass is 9.79. The topological polar surface area (TPSA) is 68.5 Å². The molecule has 1 aliphatic rings. The molecule has 5 nitrogen and oxygen atoms in total. The fourth-order valence-corrected chi connectivity index (χ4v) is 6.75. The molecule has 4 rings (SSSR count). The number of sulfone groups is 1. The van der Waals surface area contributed by atoms with E-state index in [0.717, 1.165) is 23.0 Å². The maximum atomic E-state index is 13.5. The van der Waals surface area contributed by atoms with E-state index in [2.05, 4.69) is 4.57 Å². The molecule has 0 saturated carbocycles. The molecule has 1 N–H and O–H groups in total. The quantitative estimate of drug-likeness (QED) is 0.614. The zero-order valence-electron chi connectivity index (χ0n) is 17.1. The first-order chi connectivity index (χ1) is 14.3. The van der Waals surface area contributed by atoms with Gasteiger partial charge in [0.2, 0.25) is 0 Å². The molecule has 0 saturated heterocycles. The molecule has 0 radical (unpaired) electrons. The molecule has 1 heterocycles. The molecule has 0 aliphatic heterocycles. The Morgan fingerprint density at radius 1 is 1.23 bits per heavy atom. The number of aliphatic hydroxyl groups is 1. The summed E-state index contributed by atoms with van der Waals surface area (Å²) < 4.78 is 33.3. The molecule has 1 aliphatic carbocycles. The van der Waals surface area contributed by atoms with Crippen molar-refractivity contribution < 1.29 is 18.3 Å². The lowest BCUT2D eigenvalue weighted by molar-refractivity contribution is 0.129. The second-order valence-corrected chi connectivity index (χ2v) is 11.0. The Bertz CT molecular complexity index is 1170. The van der Waals surface area contributed by atoms with Crippen LogP contribution in [0.3, 0.4) is 0 Å². The molecule has 0 amide bonds. The largest absolute Gasteiger partial charge is 0.395 e. The van der Waals surface area contributed by atoms with E-state index in [1.54, 1.807) is 44.4 Å². The highest BCUT2D eigenvalue weighted by molar-refractivity contribution is 7.92. The van der Waals surface area contributed by atoms with Gasteiger partial charge in [0, 0.05) is 23.2 Å². The van der Waals surface area contributed by atoms with Crippen molar-refractivity contribution in [2.45, 2.75) is 42.6 Å². The highest BCUT2D eigenvalue weighted by Gasteiger charge is 2.48. The van der Waals surface area contributed by atoms with Crippen molar-refractivity contribution in [1.29, 1.82) is 0 Å². The molecule has 1 aromatic heterocycles. The molecule has 7 heteroatoms. The maximum Gasteiger partial charge on any atom is 0.186 e. The number of hydrogen-bond donors (Lipinski definition) is 1. The third-order valence-electron chi connectivity index (χ3n) is 6.53. The van der Waals surface area contributed by atoms with E-state index in [-0.39, 0.29) is 10.8 Å². The van der Waals surface area contributed by atoms with Gasteiger partial charge in [-0.3, -0.25) is 0 Å². The summed E-state index contributed by atoms with van der Waals surface area (Å²) >= 11 is 6.25. The van der Waals surface area contributed by atoms with Crippen LogP contribution in [-0.4, -0.2) is 36.6 Å². The van der Waals surface area contributed by atoms with Crippen LogP contribution in [0.15, 0.2) is 53.4 Å². The van der Waals surface area contributed by atoms with Gasteiger partial charge in [0.15, 0.2) is 9.84 Å². The minimum absolute atomic E-state index is 0.226. The molecule has 30 heavy (non-hydrogen) atoms.